The molecule has 0 aliphatic carbocycles. The minimum atomic E-state index is 0.207. The number of hydrogen-bond donors (Lipinski definition) is 1. The van der Waals surface area contributed by atoms with Gasteiger partial charge in [-0.2, -0.15) is 0 Å². The summed E-state index contributed by atoms with van der Waals surface area (Å²) in [4.78, 5) is 14.4. The Morgan fingerprint density at radius 2 is 2.05 bits per heavy atom. The van der Waals surface area contributed by atoms with E-state index in [1.165, 1.54) is 10.8 Å². The molecular formula is C18H22N2O. The van der Waals surface area contributed by atoms with E-state index < -0.39 is 0 Å². The summed E-state index contributed by atoms with van der Waals surface area (Å²) in [5.41, 5.74) is 1.09. The van der Waals surface area contributed by atoms with Gasteiger partial charge in [0.25, 0.3) is 0 Å². The number of likely N-dealkylation sites (N-methyl/N-ethyl adjacent to an activating group) is 1. The van der Waals surface area contributed by atoms with E-state index >= 15 is 0 Å². The van der Waals surface area contributed by atoms with Crippen LogP contribution in [0.3, 0.4) is 0 Å². The van der Waals surface area contributed by atoms with Crippen LogP contribution in [0.1, 0.15) is 18.4 Å². The fourth-order valence-electron chi connectivity index (χ4n) is 3.02. The van der Waals surface area contributed by atoms with E-state index in [0.29, 0.717) is 12.5 Å². The fourth-order valence-corrected chi connectivity index (χ4v) is 3.02. The Morgan fingerprint density at radius 3 is 2.81 bits per heavy atom. The van der Waals surface area contributed by atoms with Gasteiger partial charge in [0.1, 0.15) is 0 Å². The summed E-state index contributed by atoms with van der Waals surface area (Å²) in [7, 11) is 1.93. The number of amides is 1. The molecular weight excluding hydrogens is 260 g/mol. The third kappa shape index (κ3) is 3.24. The van der Waals surface area contributed by atoms with Crippen LogP contribution in [0.25, 0.3) is 10.8 Å². The highest BCUT2D eigenvalue weighted by atomic mass is 16.2. The first-order valence-corrected chi connectivity index (χ1v) is 7.68. The van der Waals surface area contributed by atoms with Crippen molar-refractivity contribution in [2.75, 3.05) is 20.1 Å². The third-order valence-corrected chi connectivity index (χ3v) is 4.38. The molecule has 2 aromatic rings. The van der Waals surface area contributed by atoms with Crippen molar-refractivity contribution in [1.82, 2.24) is 10.2 Å². The zero-order chi connectivity index (χ0) is 14.7. The first kappa shape index (κ1) is 14.1. The van der Waals surface area contributed by atoms with Gasteiger partial charge in [-0.1, -0.05) is 42.5 Å². The van der Waals surface area contributed by atoms with Crippen LogP contribution in [0.5, 0.6) is 0 Å². The van der Waals surface area contributed by atoms with Crippen LogP contribution in [-0.2, 0) is 11.2 Å². The molecule has 0 bridgehead atoms. The Balaban J connectivity index is 1.70. The standard InChI is InChI=1S/C18H22N2O/c1-20(17-7-4-10-19-13-17)18(21)12-14-8-9-15-5-2-3-6-16(15)11-14/h2-3,5-6,8-9,11,17,19H,4,7,10,12-13H2,1H3. The molecule has 1 amide bonds. The van der Waals surface area contributed by atoms with E-state index in [1.54, 1.807) is 0 Å². The van der Waals surface area contributed by atoms with Crippen LogP contribution in [0.4, 0.5) is 0 Å². The summed E-state index contributed by atoms with van der Waals surface area (Å²) >= 11 is 0. The van der Waals surface area contributed by atoms with Crippen molar-refractivity contribution >= 4 is 16.7 Å². The molecule has 1 aliphatic heterocycles. The minimum Gasteiger partial charge on any atom is -0.341 e. The number of nitrogens with one attached hydrogen (secondary N) is 1. The van der Waals surface area contributed by atoms with E-state index in [-0.39, 0.29) is 5.91 Å². The van der Waals surface area contributed by atoms with Gasteiger partial charge in [-0.15, -0.1) is 0 Å². The first-order chi connectivity index (χ1) is 10.2. The smallest absolute Gasteiger partial charge is 0.227 e. The maximum absolute atomic E-state index is 12.4. The van der Waals surface area contributed by atoms with Gasteiger partial charge in [-0.25, -0.2) is 0 Å². The quantitative estimate of drug-likeness (QED) is 0.938. The highest BCUT2D eigenvalue weighted by Crippen LogP contribution is 2.17. The normalized spacial score (nSPS) is 18.6. The maximum atomic E-state index is 12.4. The van der Waals surface area contributed by atoms with Crippen molar-refractivity contribution in [1.29, 1.82) is 0 Å². The van der Waals surface area contributed by atoms with Crippen molar-refractivity contribution in [3.8, 4) is 0 Å². The Labute approximate surface area is 125 Å². The predicted octanol–water partition coefficient (Wildman–Crippen LogP) is 2.59. The highest BCUT2D eigenvalue weighted by molar-refractivity contribution is 5.85. The lowest BCUT2D eigenvalue weighted by Crippen LogP contribution is -2.47. The third-order valence-electron chi connectivity index (χ3n) is 4.38. The highest BCUT2D eigenvalue weighted by Gasteiger charge is 2.21. The monoisotopic (exact) mass is 282 g/mol. The van der Waals surface area contributed by atoms with Crippen LogP contribution >= 0.6 is 0 Å². The zero-order valence-corrected chi connectivity index (χ0v) is 12.5. The van der Waals surface area contributed by atoms with Crippen LogP contribution in [0, 0.1) is 0 Å². The second kappa shape index (κ2) is 6.27. The summed E-state index contributed by atoms with van der Waals surface area (Å²) < 4.78 is 0. The molecule has 1 atom stereocenters. The van der Waals surface area contributed by atoms with Gasteiger partial charge in [0.05, 0.1) is 6.42 Å². The number of nitrogens with zero attached hydrogens (tertiary/aromatic N) is 1. The molecule has 0 saturated carbocycles. The van der Waals surface area contributed by atoms with Crippen molar-refractivity contribution in [2.24, 2.45) is 0 Å². The van der Waals surface area contributed by atoms with Gasteiger partial charge in [0.2, 0.25) is 5.91 Å². The molecule has 1 saturated heterocycles. The van der Waals surface area contributed by atoms with Gasteiger partial charge in [-0.3, -0.25) is 4.79 Å². The molecule has 3 rings (SSSR count). The second-order valence-corrected chi connectivity index (χ2v) is 5.86. The molecule has 1 fully saturated rings. The van der Waals surface area contributed by atoms with E-state index in [0.717, 1.165) is 31.5 Å². The molecule has 21 heavy (non-hydrogen) atoms. The lowest BCUT2D eigenvalue weighted by atomic mass is 10.0. The van der Waals surface area contributed by atoms with E-state index in [1.807, 2.05) is 24.1 Å². The van der Waals surface area contributed by atoms with Gasteiger partial charge in [0.15, 0.2) is 0 Å². The van der Waals surface area contributed by atoms with Crippen molar-refractivity contribution in [3.05, 3.63) is 48.0 Å². The van der Waals surface area contributed by atoms with E-state index in [9.17, 15) is 4.79 Å². The molecule has 1 heterocycles. The fraction of sp³-hybridized carbons (Fsp3) is 0.389. The predicted molar refractivity (Wildman–Crippen MR) is 86.3 cm³/mol. The molecule has 3 nitrogen and oxygen atoms in total. The number of carbonyl (C=O) groups is 1. The van der Waals surface area contributed by atoms with Gasteiger partial charge < -0.3 is 10.2 Å². The summed E-state index contributed by atoms with van der Waals surface area (Å²) in [5.74, 6) is 0.207. The minimum absolute atomic E-state index is 0.207. The summed E-state index contributed by atoms with van der Waals surface area (Å²) in [6.07, 6.45) is 2.74. The van der Waals surface area contributed by atoms with E-state index in [2.05, 4.69) is 35.6 Å². The molecule has 3 heteroatoms. The van der Waals surface area contributed by atoms with Gasteiger partial charge >= 0.3 is 0 Å². The first-order valence-electron chi connectivity index (χ1n) is 7.68. The van der Waals surface area contributed by atoms with Gasteiger partial charge in [-0.05, 0) is 35.7 Å². The number of hydrogen-bond acceptors (Lipinski definition) is 2. The van der Waals surface area contributed by atoms with Crippen molar-refractivity contribution < 1.29 is 4.79 Å². The second-order valence-electron chi connectivity index (χ2n) is 5.86. The molecule has 2 aromatic carbocycles. The van der Waals surface area contributed by atoms with Crippen molar-refractivity contribution in [2.45, 2.75) is 25.3 Å². The van der Waals surface area contributed by atoms with Crippen LogP contribution < -0.4 is 5.32 Å². The number of rotatable bonds is 3. The maximum Gasteiger partial charge on any atom is 0.227 e. The molecule has 0 spiro atoms. The summed E-state index contributed by atoms with van der Waals surface area (Å²) in [6.45, 7) is 1.99. The number of fused-ring (bicyclic) bond motifs is 1. The molecule has 0 aromatic heterocycles. The Bertz CT molecular complexity index is 632. The van der Waals surface area contributed by atoms with Crippen LogP contribution in [0.2, 0.25) is 0 Å². The lowest BCUT2D eigenvalue weighted by Gasteiger charge is -2.31. The van der Waals surface area contributed by atoms with Gasteiger partial charge in [0, 0.05) is 19.6 Å². The average molecular weight is 282 g/mol. The summed E-state index contributed by atoms with van der Waals surface area (Å²) in [5, 5.41) is 5.78. The Hall–Kier alpha value is -1.87. The topological polar surface area (TPSA) is 32.3 Å². The Morgan fingerprint density at radius 1 is 1.24 bits per heavy atom. The number of piperidine rings is 1. The van der Waals surface area contributed by atoms with Crippen molar-refractivity contribution in [3.63, 3.8) is 0 Å². The molecule has 1 unspecified atom stereocenters. The molecule has 1 aliphatic rings. The SMILES string of the molecule is CN(C(=O)Cc1ccc2ccccc2c1)C1CCCNC1. The Kier molecular flexibility index (Phi) is 4.20. The molecule has 1 N–H and O–H groups in total. The molecule has 0 radical (unpaired) electrons. The number of carbonyl (C=O) groups excluding carboxylic acids is 1. The van der Waals surface area contributed by atoms with E-state index in [4.69, 9.17) is 0 Å². The zero-order valence-electron chi connectivity index (χ0n) is 12.5. The average Bonchev–Trinajstić information content (AvgIpc) is 2.55. The largest absolute Gasteiger partial charge is 0.341 e. The number of benzene rings is 2. The lowest BCUT2D eigenvalue weighted by molar-refractivity contribution is -0.131. The summed E-state index contributed by atoms with van der Waals surface area (Å²) in [6, 6.07) is 14.9. The molecule has 110 valence electrons. The van der Waals surface area contributed by atoms with Crippen LogP contribution in [0.15, 0.2) is 42.5 Å². The van der Waals surface area contributed by atoms with Crippen LogP contribution in [-0.4, -0.2) is 37.0 Å².